The van der Waals surface area contributed by atoms with Gasteiger partial charge in [0.15, 0.2) is 0 Å². The Hall–Kier alpha value is -0.250. The predicted molar refractivity (Wildman–Crippen MR) is 36.1 cm³/mol. The minimum Gasteiger partial charge on any atom is -0.289 e. The maximum atomic E-state index is 11.5. The number of hydrogen-bond donors (Lipinski definition) is 0. The Kier molecular flexibility index (Phi) is 4.49. The third-order valence-electron chi connectivity index (χ3n) is 1.30. The largest absolute Gasteiger partial charge is 0.522 e. The zero-order valence-corrected chi connectivity index (χ0v) is 6.74. The first-order chi connectivity index (χ1) is 4.95. The second-order valence-corrected chi connectivity index (χ2v) is 2.52. The maximum absolute atomic E-state index is 11.5. The molecule has 1 nitrogen and oxygen atoms in total. The molecular weight excluding hydrogens is 157 g/mol. The molecule has 1 atom stereocenters. The van der Waals surface area contributed by atoms with Crippen LogP contribution in [0.3, 0.4) is 0 Å². The van der Waals surface area contributed by atoms with Crippen molar-refractivity contribution in [2.45, 2.75) is 45.6 Å². The fraction of sp³-hybridized carbons (Fsp3) is 1.00. The van der Waals surface area contributed by atoms with E-state index in [1.165, 1.54) is 6.92 Å². The van der Waals surface area contributed by atoms with Crippen LogP contribution in [0, 0.1) is 0 Å². The molecule has 1 unspecified atom stereocenters. The summed E-state index contributed by atoms with van der Waals surface area (Å²) in [4.78, 5) is 0. The number of rotatable bonds is 4. The van der Waals surface area contributed by atoms with Gasteiger partial charge in [-0.2, -0.15) is 0 Å². The Morgan fingerprint density at radius 3 is 2.27 bits per heavy atom. The van der Waals surface area contributed by atoms with Crippen molar-refractivity contribution in [3.8, 4) is 0 Å². The molecule has 0 aromatic rings. The third kappa shape index (κ3) is 7.65. The van der Waals surface area contributed by atoms with Crippen LogP contribution >= 0.6 is 0 Å². The molecule has 0 N–H and O–H groups in total. The summed E-state index contributed by atoms with van der Waals surface area (Å²) in [5.41, 5.74) is 0. The van der Waals surface area contributed by atoms with Gasteiger partial charge in [-0.1, -0.05) is 19.8 Å². The van der Waals surface area contributed by atoms with Crippen LogP contribution in [0.1, 0.15) is 33.1 Å². The maximum Gasteiger partial charge on any atom is 0.522 e. The van der Waals surface area contributed by atoms with Crippen molar-refractivity contribution in [1.29, 1.82) is 0 Å². The van der Waals surface area contributed by atoms with E-state index in [4.69, 9.17) is 0 Å². The van der Waals surface area contributed by atoms with Crippen molar-refractivity contribution >= 4 is 0 Å². The van der Waals surface area contributed by atoms with E-state index in [1.54, 1.807) is 0 Å². The van der Waals surface area contributed by atoms with Crippen LogP contribution in [-0.2, 0) is 4.74 Å². The van der Waals surface area contributed by atoms with Gasteiger partial charge in [-0.05, 0) is 13.3 Å². The molecule has 0 rings (SSSR count). The van der Waals surface area contributed by atoms with Crippen molar-refractivity contribution in [2.24, 2.45) is 0 Å². The van der Waals surface area contributed by atoms with Crippen LogP contribution in [-0.4, -0.2) is 12.5 Å². The molecule has 0 saturated carbocycles. The van der Waals surface area contributed by atoms with Crippen molar-refractivity contribution in [1.82, 2.24) is 0 Å². The number of alkyl halides is 3. The van der Waals surface area contributed by atoms with E-state index in [1.807, 2.05) is 6.92 Å². The quantitative estimate of drug-likeness (QED) is 0.629. The molecule has 0 aliphatic carbocycles. The van der Waals surface area contributed by atoms with Crippen molar-refractivity contribution in [3.05, 3.63) is 0 Å². The lowest BCUT2D eigenvalue weighted by atomic mass is 10.2. The highest BCUT2D eigenvalue weighted by molar-refractivity contribution is 4.50. The van der Waals surface area contributed by atoms with E-state index in [-0.39, 0.29) is 0 Å². The Labute approximate surface area is 64.5 Å². The van der Waals surface area contributed by atoms with E-state index in [0.29, 0.717) is 6.42 Å². The summed E-state index contributed by atoms with van der Waals surface area (Å²) < 4.78 is 38.3. The van der Waals surface area contributed by atoms with Crippen LogP contribution in [0.2, 0.25) is 0 Å². The van der Waals surface area contributed by atoms with Gasteiger partial charge in [-0.15, -0.1) is 13.2 Å². The third-order valence-corrected chi connectivity index (χ3v) is 1.30. The first-order valence-corrected chi connectivity index (χ1v) is 3.70. The molecule has 0 aromatic heterocycles. The predicted octanol–water partition coefficient (Wildman–Crippen LogP) is 3.10. The molecule has 0 bridgehead atoms. The summed E-state index contributed by atoms with van der Waals surface area (Å²) in [6, 6.07) is 0. The minimum atomic E-state index is -4.48. The summed E-state index contributed by atoms with van der Waals surface area (Å²) in [5.74, 6) is 0. The van der Waals surface area contributed by atoms with Crippen LogP contribution in [0.4, 0.5) is 13.2 Å². The Balaban J connectivity index is 3.44. The normalized spacial score (nSPS) is 15.0. The molecule has 0 spiro atoms. The van der Waals surface area contributed by atoms with Gasteiger partial charge in [0.05, 0.1) is 6.10 Å². The number of hydrogen-bond acceptors (Lipinski definition) is 1. The Morgan fingerprint density at radius 1 is 1.36 bits per heavy atom. The second-order valence-electron chi connectivity index (χ2n) is 2.52. The lowest BCUT2D eigenvalue weighted by molar-refractivity contribution is -0.340. The second kappa shape index (κ2) is 4.59. The highest BCUT2D eigenvalue weighted by Crippen LogP contribution is 2.20. The number of unbranched alkanes of at least 4 members (excludes halogenated alkanes) is 1. The highest BCUT2D eigenvalue weighted by atomic mass is 19.4. The first-order valence-electron chi connectivity index (χ1n) is 3.70. The van der Waals surface area contributed by atoms with E-state index in [0.717, 1.165) is 12.8 Å². The van der Waals surface area contributed by atoms with Crippen LogP contribution < -0.4 is 0 Å². The molecule has 68 valence electrons. The standard InChI is InChI=1S/C7H13F3O/c1-3-4-5-6(2)11-7(8,9)10/h6H,3-5H2,1-2H3. The molecule has 4 heteroatoms. The lowest BCUT2D eigenvalue weighted by Crippen LogP contribution is -2.21. The number of ether oxygens (including phenoxy) is 1. The molecule has 0 radical (unpaired) electrons. The summed E-state index contributed by atoms with van der Waals surface area (Å²) in [5, 5.41) is 0. The summed E-state index contributed by atoms with van der Waals surface area (Å²) >= 11 is 0. The van der Waals surface area contributed by atoms with Crippen LogP contribution in [0.5, 0.6) is 0 Å². The summed E-state index contributed by atoms with van der Waals surface area (Å²) in [6.07, 6.45) is -3.05. The molecule has 0 aliphatic heterocycles. The lowest BCUT2D eigenvalue weighted by Gasteiger charge is -2.13. The molecule has 0 heterocycles. The van der Waals surface area contributed by atoms with Gasteiger partial charge in [0.2, 0.25) is 0 Å². The fourth-order valence-electron chi connectivity index (χ4n) is 0.779. The average Bonchev–Trinajstić information content (AvgIpc) is 1.79. The average molecular weight is 170 g/mol. The van der Waals surface area contributed by atoms with Gasteiger partial charge in [0, 0.05) is 0 Å². The molecule has 11 heavy (non-hydrogen) atoms. The Morgan fingerprint density at radius 2 is 1.91 bits per heavy atom. The molecule has 0 fully saturated rings. The van der Waals surface area contributed by atoms with Crippen LogP contribution in [0.15, 0.2) is 0 Å². The van der Waals surface area contributed by atoms with Crippen molar-refractivity contribution in [3.63, 3.8) is 0 Å². The van der Waals surface area contributed by atoms with Gasteiger partial charge in [-0.3, -0.25) is 4.74 Å². The fourth-order valence-corrected chi connectivity index (χ4v) is 0.779. The van der Waals surface area contributed by atoms with E-state index < -0.39 is 12.5 Å². The van der Waals surface area contributed by atoms with Crippen molar-refractivity contribution < 1.29 is 17.9 Å². The van der Waals surface area contributed by atoms with Crippen molar-refractivity contribution in [2.75, 3.05) is 0 Å². The summed E-state index contributed by atoms with van der Waals surface area (Å²) in [6.45, 7) is 3.36. The monoisotopic (exact) mass is 170 g/mol. The molecule has 0 aliphatic rings. The van der Waals surface area contributed by atoms with Gasteiger partial charge < -0.3 is 0 Å². The van der Waals surface area contributed by atoms with Gasteiger partial charge in [0.25, 0.3) is 0 Å². The van der Waals surface area contributed by atoms with Gasteiger partial charge in [-0.25, -0.2) is 0 Å². The number of halogens is 3. The smallest absolute Gasteiger partial charge is 0.289 e. The molecule has 0 amide bonds. The van der Waals surface area contributed by atoms with E-state index in [9.17, 15) is 13.2 Å². The van der Waals surface area contributed by atoms with E-state index >= 15 is 0 Å². The van der Waals surface area contributed by atoms with E-state index in [2.05, 4.69) is 4.74 Å². The zero-order valence-electron chi connectivity index (χ0n) is 6.74. The van der Waals surface area contributed by atoms with Crippen LogP contribution in [0.25, 0.3) is 0 Å². The zero-order chi connectivity index (χ0) is 8.91. The summed E-state index contributed by atoms with van der Waals surface area (Å²) in [7, 11) is 0. The highest BCUT2D eigenvalue weighted by Gasteiger charge is 2.31. The SMILES string of the molecule is CCCCC(C)OC(F)(F)F. The molecular formula is C7H13F3O. The minimum absolute atomic E-state index is 0.468. The van der Waals surface area contributed by atoms with Gasteiger partial charge >= 0.3 is 6.36 Å². The topological polar surface area (TPSA) is 9.23 Å². The molecule has 0 saturated heterocycles. The van der Waals surface area contributed by atoms with Gasteiger partial charge in [0.1, 0.15) is 0 Å². The Bertz CT molecular complexity index is 100. The molecule has 0 aromatic carbocycles. The first kappa shape index (κ1) is 10.8.